The van der Waals surface area contributed by atoms with Gasteiger partial charge in [-0.05, 0) is 30.5 Å². The van der Waals surface area contributed by atoms with Crippen molar-refractivity contribution in [2.75, 3.05) is 6.26 Å². The number of ether oxygens (including phenoxy) is 1. The number of nitrogens with one attached hydrogen (secondary N) is 1. The lowest BCUT2D eigenvalue weighted by atomic mass is 10.1. The maximum atomic E-state index is 12.2. The number of H-pyrrole nitrogens is 1. The van der Waals surface area contributed by atoms with Crippen LogP contribution in [0.25, 0.3) is 11.3 Å². The van der Waals surface area contributed by atoms with E-state index in [9.17, 15) is 10.1 Å². The summed E-state index contributed by atoms with van der Waals surface area (Å²) in [5.41, 5.74) is 0.889. The highest BCUT2D eigenvalue weighted by molar-refractivity contribution is 7.98. The summed E-state index contributed by atoms with van der Waals surface area (Å²) in [5, 5.41) is 10.8. The number of nitriles is 1. The molecule has 2 aromatic carbocycles. The van der Waals surface area contributed by atoms with Crippen molar-refractivity contribution < 1.29 is 4.74 Å². The van der Waals surface area contributed by atoms with Crippen LogP contribution in [0.2, 0.25) is 10.0 Å². The van der Waals surface area contributed by atoms with Gasteiger partial charge in [0.05, 0.1) is 0 Å². The van der Waals surface area contributed by atoms with Gasteiger partial charge in [0.15, 0.2) is 5.16 Å². The second kappa shape index (κ2) is 8.49. The first-order valence-electron chi connectivity index (χ1n) is 7.78. The molecule has 0 aliphatic carbocycles. The number of aromatic nitrogens is 2. The number of hydrogen-bond donors (Lipinski definition) is 1. The summed E-state index contributed by atoms with van der Waals surface area (Å²) in [5.74, 6) is 0.445. The Morgan fingerprint density at radius 3 is 2.74 bits per heavy atom. The highest BCUT2D eigenvalue weighted by Gasteiger charge is 2.18. The van der Waals surface area contributed by atoms with Crippen molar-refractivity contribution in [2.24, 2.45) is 0 Å². The minimum Gasteiger partial charge on any atom is -0.488 e. The standard InChI is InChI=1S/C19H13Cl2N3O2S/c1-27-19-23-17(14(9-22)18(25)24-19)13-8-12(20)6-7-16(13)26-10-11-4-2-3-5-15(11)21/h2-8H,10H2,1H3,(H,23,24,25). The number of benzene rings is 2. The summed E-state index contributed by atoms with van der Waals surface area (Å²) in [6.07, 6.45) is 1.78. The van der Waals surface area contributed by atoms with Gasteiger partial charge in [0, 0.05) is 21.2 Å². The lowest BCUT2D eigenvalue weighted by Gasteiger charge is -2.13. The monoisotopic (exact) mass is 417 g/mol. The molecule has 0 saturated heterocycles. The van der Waals surface area contributed by atoms with Gasteiger partial charge >= 0.3 is 0 Å². The summed E-state index contributed by atoms with van der Waals surface area (Å²) in [6, 6.07) is 14.2. The Kier molecular flexibility index (Phi) is 6.07. The van der Waals surface area contributed by atoms with Crippen LogP contribution >= 0.6 is 35.0 Å². The number of thioether (sulfide) groups is 1. The first-order valence-corrected chi connectivity index (χ1v) is 9.76. The van der Waals surface area contributed by atoms with Crippen molar-refractivity contribution >= 4 is 35.0 Å². The molecule has 0 amide bonds. The van der Waals surface area contributed by atoms with E-state index in [-0.39, 0.29) is 17.9 Å². The molecule has 0 radical (unpaired) electrons. The molecule has 5 nitrogen and oxygen atoms in total. The Morgan fingerprint density at radius 1 is 1.26 bits per heavy atom. The van der Waals surface area contributed by atoms with E-state index in [1.807, 2.05) is 24.3 Å². The van der Waals surface area contributed by atoms with Crippen molar-refractivity contribution in [2.45, 2.75) is 11.8 Å². The lowest BCUT2D eigenvalue weighted by molar-refractivity contribution is 0.307. The number of halogens is 2. The maximum absolute atomic E-state index is 12.2. The molecule has 27 heavy (non-hydrogen) atoms. The normalized spacial score (nSPS) is 10.4. The highest BCUT2D eigenvalue weighted by atomic mass is 35.5. The van der Waals surface area contributed by atoms with E-state index in [0.29, 0.717) is 26.5 Å². The predicted molar refractivity (Wildman–Crippen MR) is 108 cm³/mol. The number of rotatable bonds is 5. The van der Waals surface area contributed by atoms with Crippen molar-refractivity contribution in [1.29, 1.82) is 5.26 Å². The van der Waals surface area contributed by atoms with E-state index in [2.05, 4.69) is 9.97 Å². The molecular formula is C19H13Cl2N3O2S. The zero-order valence-electron chi connectivity index (χ0n) is 14.1. The summed E-state index contributed by atoms with van der Waals surface area (Å²) in [4.78, 5) is 19.2. The van der Waals surface area contributed by atoms with Gasteiger partial charge in [-0.1, -0.05) is 53.2 Å². The fraction of sp³-hybridized carbons (Fsp3) is 0.105. The van der Waals surface area contributed by atoms with Crippen LogP contribution in [0.15, 0.2) is 52.4 Å². The van der Waals surface area contributed by atoms with Gasteiger partial charge < -0.3 is 9.72 Å². The Hall–Kier alpha value is -2.46. The second-order valence-electron chi connectivity index (χ2n) is 5.43. The fourth-order valence-corrected chi connectivity index (χ4v) is 3.17. The molecule has 0 saturated carbocycles. The number of aromatic amines is 1. The SMILES string of the molecule is CSc1nc(-c2cc(Cl)ccc2OCc2ccccc2Cl)c(C#N)c(=O)[nH]1. The summed E-state index contributed by atoms with van der Waals surface area (Å²) < 4.78 is 5.91. The van der Waals surface area contributed by atoms with Crippen LogP contribution in [0, 0.1) is 11.3 Å². The van der Waals surface area contributed by atoms with E-state index in [4.69, 9.17) is 27.9 Å². The first kappa shape index (κ1) is 19.3. The van der Waals surface area contributed by atoms with Gasteiger partial charge in [0.2, 0.25) is 0 Å². The third-order valence-corrected chi connectivity index (χ3v) is 4.92. The molecule has 1 heterocycles. The quantitative estimate of drug-likeness (QED) is 0.470. The third kappa shape index (κ3) is 4.28. The smallest absolute Gasteiger partial charge is 0.270 e. The molecule has 0 bridgehead atoms. The summed E-state index contributed by atoms with van der Waals surface area (Å²) in [7, 11) is 0. The Balaban J connectivity index is 2.08. The van der Waals surface area contributed by atoms with Crippen LogP contribution < -0.4 is 10.3 Å². The van der Waals surface area contributed by atoms with Crippen LogP contribution in [-0.2, 0) is 6.61 Å². The molecule has 1 N–H and O–H groups in total. The van der Waals surface area contributed by atoms with Gasteiger partial charge in [-0.25, -0.2) is 4.98 Å². The van der Waals surface area contributed by atoms with Crippen LogP contribution in [0.5, 0.6) is 5.75 Å². The van der Waals surface area contributed by atoms with Crippen LogP contribution in [-0.4, -0.2) is 16.2 Å². The minimum atomic E-state index is -0.510. The van der Waals surface area contributed by atoms with Gasteiger partial charge in [-0.3, -0.25) is 4.79 Å². The Labute approximate surface area is 169 Å². The highest BCUT2D eigenvalue weighted by Crippen LogP contribution is 2.34. The van der Waals surface area contributed by atoms with Gasteiger partial charge in [0.25, 0.3) is 5.56 Å². The zero-order valence-corrected chi connectivity index (χ0v) is 16.5. The van der Waals surface area contributed by atoms with Crippen molar-refractivity contribution in [3.63, 3.8) is 0 Å². The second-order valence-corrected chi connectivity index (χ2v) is 7.07. The molecule has 1 aromatic heterocycles. The third-order valence-electron chi connectivity index (χ3n) is 3.74. The van der Waals surface area contributed by atoms with Crippen molar-refractivity contribution in [1.82, 2.24) is 9.97 Å². The molecule has 0 unspecified atom stereocenters. The van der Waals surface area contributed by atoms with E-state index in [0.717, 1.165) is 5.56 Å². The average molecular weight is 418 g/mol. The van der Waals surface area contributed by atoms with E-state index < -0.39 is 5.56 Å². The van der Waals surface area contributed by atoms with Crippen molar-refractivity contribution in [3.05, 3.63) is 74.0 Å². The largest absolute Gasteiger partial charge is 0.488 e. The zero-order chi connectivity index (χ0) is 19.4. The fourth-order valence-electron chi connectivity index (χ4n) is 2.43. The molecule has 0 spiro atoms. The minimum absolute atomic E-state index is 0.0994. The predicted octanol–water partition coefficient (Wildman–Crippen LogP) is 4.92. The molecule has 8 heteroatoms. The molecule has 3 rings (SSSR count). The average Bonchev–Trinajstić information content (AvgIpc) is 2.67. The first-order chi connectivity index (χ1) is 13.0. The maximum Gasteiger partial charge on any atom is 0.270 e. The van der Waals surface area contributed by atoms with E-state index in [1.54, 1.807) is 30.5 Å². The van der Waals surface area contributed by atoms with E-state index >= 15 is 0 Å². The van der Waals surface area contributed by atoms with Gasteiger partial charge in [0.1, 0.15) is 29.7 Å². The Bertz CT molecular complexity index is 1090. The molecule has 0 aliphatic heterocycles. The van der Waals surface area contributed by atoms with Crippen molar-refractivity contribution in [3.8, 4) is 23.1 Å². The Morgan fingerprint density at radius 2 is 2.04 bits per heavy atom. The van der Waals surface area contributed by atoms with E-state index in [1.165, 1.54) is 11.8 Å². The van der Waals surface area contributed by atoms with Crippen LogP contribution in [0.4, 0.5) is 0 Å². The molecule has 0 atom stereocenters. The van der Waals surface area contributed by atoms with Crippen LogP contribution in [0.3, 0.4) is 0 Å². The molecular weight excluding hydrogens is 405 g/mol. The topological polar surface area (TPSA) is 78.8 Å². The van der Waals surface area contributed by atoms with Gasteiger partial charge in [-0.15, -0.1) is 0 Å². The van der Waals surface area contributed by atoms with Gasteiger partial charge in [-0.2, -0.15) is 5.26 Å². The number of nitrogens with zero attached hydrogens (tertiary/aromatic N) is 2. The summed E-state index contributed by atoms with van der Waals surface area (Å²) in [6.45, 7) is 0.217. The lowest BCUT2D eigenvalue weighted by Crippen LogP contribution is -2.15. The molecule has 0 aliphatic rings. The van der Waals surface area contributed by atoms with Crippen LogP contribution in [0.1, 0.15) is 11.1 Å². The number of hydrogen-bond acceptors (Lipinski definition) is 5. The molecule has 3 aromatic rings. The molecule has 0 fully saturated rings. The molecule has 136 valence electrons. The summed E-state index contributed by atoms with van der Waals surface area (Å²) >= 11 is 13.6.